The van der Waals surface area contributed by atoms with Gasteiger partial charge >= 0.3 is 6.29 Å². The first-order chi connectivity index (χ1) is 17.1. The molecule has 1 aliphatic rings. The van der Waals surface area contributed by atoms with Gasteiger partial charge in [-0.25, -0.2) is 9.97 Å². The highest BCUT2D eigenvalue weighted by Crippen LogP contribution is 2.45. The van der Waals surface area contributed by atoms with Crippen LogP contribution >= 0.6 is 0 Å². The molecule has 0 saturated carbocycles. The van der Waals surface area contributed by atoms with Gasteiger partial charge in [-0.05, 0) is 24.3 Å². The molecule has 3 heterocycles. The molecular weight excluding hydrogens is 504 g/mol. The summed E-state index contributed by atoms with van der Waals surface area (Å²) in [5.41, 5.74) is 0.987. The predicted octanol–water partition coefficient (Wildman–Crippen LogP) is 2.70. The van der Waals surface area contributed by atoms with Crippen molar-refractivity contribution in [1.82, 2.24) is 19.6 Å². The summed E-state index contributed by atoms with van der Waals surface area (Å²) in [5, 5.41) is 7.70. The Hall–Kier alpha value is -3.98. The first kappa shape index (κ1) is 23.7. The van der Waals surface area contributed by atoms with Gasteiger partial charge in [-0.2, -0.15) is 12.9 Å². The Morgan fingerprint density at radius 3 is 2.64 bits per heavy atom. The van der Waals surface area contributed by atoms with Crippen LogP contribution in [-0.2, 0) is 27.5 Å². The second kappa shape index (κ2) is 8.60. The highest BCUT2D eigenvalue weighted by atomic mass is 32.2. The van der Waals surface area contributed by atoms with Crippen LogP contribution in [0, 0.1) is 0 Å². The molecule has 36 heavy (non-hydrogen) atoms. The molecule has 0 bridgehead atoms. The molecule has 4 aromatic rings. The van der Waals surface area contributed by atoms with E-state index < -0.39 is 23.0 Å². The van der Waals surface area contributed by atoms with E-state index in [2.05, 4.69) is 25.1 Å². The lowest BCUT2D eigenvalue weighted by molar-refractivity contribution is -0.286. The first-order valence-electron chi connectivity index (χ1n) is 10.3. The maximum absolute atomic E-state index is 13.8. The molecule has 0 atom stereocenters. The van der Waals surface area contributed by atoms with Gasteiger partial charge in [-0.1, -0.05) is 0 Å². The third kappa shape index (κ3) is 4.49. The first-order valence-corrected chi connectivity index (χ1v) is 12.2. The number of anilines is 1. The van der Waals surface area contributed by atoms with Crippen LogP contribution < -0.4 is 24.3 Å². The van der Waals surface area contributed by atoms with E-state index in [4.69, 9.17) is 18.4 Å². The minimum absolute atomic E-state index is 0.0304. The molecule has 15 heteroatoms. The van der Waals surface area contributed by atoms with Crippen LogP contribution in [0.4, 0.5) is 14.7 Å². The number of benzene rings is 2. The van der Waals surface area contributed by atoms with Gasteiger partial charge in [0.25, 0.3) is 10.1 Å². The number of fused-ring (bicyclic) bond motifs is 5. The second-order valence-electron chi connectivity index (χ2n) is 7.65. The molecule has 0 fully saturated rings. The Morgan fingerprint density at radius 1 is 1.11 bits per heavy atom. The summed E-state index contributed by atoms with van der Waals surface area (Å²) < 4.78 is 76.4. The number of nitrogens with zero attached hydrogens (tertiary/aromatic N) is 4. The Balaban J connectivity index is 1.60. The summed E-state index contributed by atoms with van der Waals surface area (Å²) in [7, 11) is -0.713. The topological polar surface area (TPSA) is 135 Å². The Morgan fingerprint density at radius 2 is 1.92 bits per heavy atom. The average molecular weight is 523 g/mol. The van der Waals surface area contributed by atoms with Gasteiger partial charge in [0, 0.05) is 23.6 Å². The SMILES string of the molecule is COc1ccc(CNc2nc3c4c(ccc3c3nc(COS(C)(=O)=O)nn23)OC(F)(F)O4)c(OC)c1. The number of rotatable bonds is 8. The lowest BCUT2D eigenvalue weighted by Gasteiger charge is -2.13. The molecule has 0 aliphatic carbocycles. The molecule has 5 rings (SSSR count). The smallest absolute Gasteiger partial charge is 0.497 e. The van der Waals surface area contributed by atoms with Gasteiger partial charge in [0.15, 0.2) is 23.0 Å². The van der Waals surface area contributed by atoms with Gasteiger partial charge in [-0.15, -0.1) is 13.9 Å². The molecule has 0 saturated heterocycles. The fourth-order valence-electron chi connectivity index (χ4n) is 3.63. The lowest BCUT2D eigenvalue weighted by atomic mass is 10.2. The minimum Gasteiger partial charge on any atom is -0.497 e. The zero-order valence-corrected chi connectivity index (χ0v) is 19.9. The molecule has 1 aliphatic heterocycles. The summed E-state index contributed by atoms with van der Waals surface area (Å²) in [4.78, 5) is 8.79. The van der Waals surface area contributed by atoms with Crippen molar-refractivity contribution in [3.63, 3.8) is 0 Å². The summed E-state index contributed by atoms with van der Waals surface area (Å²) in [6.45, 7) is -0.241. The van der Waals surface area contributed by atoms with Crippen molar-refractivity contribution >= 4 is 32.6 Å². The maximum Gasteiger partial charge on any atom is 0.586 e. The van der Waals surface area contributed by atoms with Gasteiger partial charge in [0.1, 0.15) is 23.6 Å². The van der Waals surface area contributed by atoms with Crippen molar-refractivity contribution in [2.24, 2.45) is 0 Å². The molecule has 12 nitrogen and oxygen atoms in total. The normalized spacial score (nSPS) is 14.4. The summed E-state index contributed by atoms with van der Waals surface area (Å²) >= 11 is 0. The highest BCUT2D eigenvalue weighted by Gasteiger charge is 2.45. The number of methoxy groups -OCH3 is 2. The number of alkyl halides is 2. The number of hydrogen-bond acceptors (Lipinski definition) is 11. The summed E-state index contributed by atoms with van der Waals surface area (Å²) in [6, 6.07) is 8.02. The van der Waals surface area contributed by atoms with Gasteiger partial charge in [0.2, 0.25) is 5.95 Å². The van der Waals surface area contributed by atoms with Crippen molar-refractivity contribution in [2.45, 2.75) is 19.4 Å². The Bertz CT molecular complexity index is 1590. The van der Waals surface area contributed by atoms with E-state index in [-0.39, 0.29) is 41.0 Å². The van der Waals surface area contributed by atoms with Crippen LogP contribution in [0.1, 0.15) is 11.4 Å². The number of halogens is 2. The average Bonchev–Trinajstić information content (AvgIpc) is 3.40. The molecule has 190 valence electrons. The van der Waals surface area contributed by atoms with E-state index in [1.54, 1.807) is 18.2 Å². The molecule has 0 amide bonds. The summed E-state index contributed by atoms with van der Waals surface area (Å²) in [6.07, 6.45) is -2.95. The number of aromatic nitrogens is 4. The van der Waals surface area contributed by atoms with E-state index in [9.17, 15) is 17.2 Å². The molecule has 2 aromatic carbocycles. The largest absolute Gasteiger partial charge is 0.586 e. The van der Waals surface area contributed by atoms with E-state index >= 15 is 0 Å². The van der Waals surface area contributed by atoms with Crippen molar-refractivity contribution < 1.29 is 40.3 Å². The van der Waals surface area contributed by atoms with Crippen molar-refractivity contribution in [2.75, 3.05) is 25.8 Å². The quantitative estimate of drug-likeness (QED) is 0.342. The van der Waals surface area contributed by atoms with Gasteiger partial charge < -0.3 is 24.3 Å². The van der Waals surface area contributed by atoms with Gasteiger partial charge in [0.05, 0.1) is 20.5 Å². The van der Waals surface area contributed by atoms with Gasteiger partial charge in [-0.3, -0.25) is 4.18 Å². The summed E-state index contributed by atoms with van der Waals surface area (Å²) in [5.74, 6) is 0.831. The van der Waals surface area contributed by atoms with E-state index in [1.165, 1.54) is 30.9 Å². The number of hydrogen-bond donors (Lipinski definition) is 1. The third-order valence-corrected chi connectivity index (χ3v) is 5.73. The predicted molar refractivity (Wildman–Crippen MR) is 121 cm³/mol. The molecule has 0 radical (unpaired) electrons. The van der Waals surface area contributed by atoms with Crippen LogP contribution in [0.3, 0.4) is 0 Å². The molecular formula is C21H19F2N5O7S. The third-order valence-electron chi connectivity index (χ3n) is 5.19. The Labute approximate surface area is 202 Å². The molecule has 2 aromatic heterocycles. The molecule has 1 N–H and O–H groups in total. The maximum atomic E-state index is 13.8. The fourth-order valence-corrected chi connectivity index (χ4v) is 3.95. The van der Waals surface area contributed by atoms with Crippen LogP contribution in [-0.4, -0.2) is 54.8 Å². The number of nitrogens with one attached hydrogen (secondary N) is 1. The second-order valence-corrected chi connectivity index (χ2v) is 9.30. The van der Waals surface area contributed by atoms with E-state index in [1.807, 2.05) is 0 Å². The molecule has 0 unspecified atom stereocenters. The van der Waals surface area contributed by atoms with Crippen LogP contribution in [0.15, 0.2) is 30.3 Å². The number of ether oxygens (including phenoxy) is 4. The monoisotopic (exact) mass is 523 g/mol. The van der Waals surface area contributed by atoms with Crippen molar-refractivity contribution in [3.8, 4) is 23.0 Å². The zero-order valence-electron chi connectivity index (χ0n) is 19.1. The Kier molecular flexibility index (Phi) is 5.67. The standard InChI is InChI=1S/C21H19F2N5O7S/c1-31-12-5-4-11(15(8-12)32-2)9-24-20-26-17-13(6-7-14-18(17)35-21(22,23)34-14)19-25-16(27-28(19)20)10-33-36(3,29)30/h4-8H,9-10H2,1-3H3,(H,24,26). The van der Waals surface area contributed by atoms with Crippen LogP contribution in [0.25, 0.3) is 16.6 Å². The highest BCUT2D eigenvalue weighted by molar-refractivity contribution is 7.85. The van der Waals surface area contributed by atoms with Crippen LogP contribution in [0.2, 0.25) is 0 Å². The lowest BCUT2D eigenvalue weighted by Crippen LogP contribution is -2.26. The van der Waals surface area contributed by atoms with E-state index in [0.717, 1.165) is 11.8 Å². The fraction of sp³-hybridized carbons (Fsp3) is 0.286. The minimum atomic E-state index is -3.85. The zero-order chi connectivity index (χ0) is 25.7. The van der Waals surface area contributed by atoms with Crippen molar-refractivity contribution in [1.29, 1.82) is 0 Å². The van der Waals surface area contributed by atoms with Crippen LogP contribution in [0.5, 0.6) is 23.0 Å². The van der Waals surface area contributed by atoms with Crippen molar-refractivity contribution in [3.05, 3.63) is 41.7 Å². The molecule has 0 spiro atoms. The van der Waals surface area contributed by atoms with E-state index in [0.29, 0.717) is 16.9 Å².